The average molecular weight is 286 g/mol. The molecule has 2 aromatic carbocycles. The molecule has 100 valence electrons. The lowest BCUT2D eigenvalue weighted by molar-refractivity contribution is 0.103. The van der Waals surface area contributed by atoms with Crippen LogP contribution in [0.15, 0.2) is 48.5 Å². The quantitative estimate of drug-likeness (QED) is 0.702. The maximum atomic E-state index is 13.6. The minimum Gasteiger partial charge on any atom is -0.399 e. The van der Waals surface area contributed by atoms with Gasteiger partial charge in [-0.15, -0.1) is 11.3 Å². The molecule has 0 saturated heterocycles. The summed E-state index contributed by atoms with van der Waals surface area (Å²) in [5, 5.41) is 3.54. The van der Waals surface area contributed by atoms with E-state index in [-0.39, 0.29) is 11.6 Å². The Morgan fingerprint density at radius 2 is 1.95 bits per heavy atom. The third-order valence-electron chi connectivity index (χ3n) is 2.89. The Labute approximate surface area is 118 Å². The van der Waals surface area contributed by atoms with Gasteiger partial charge in [-0.25, -0.2) is 4.39 Å². The van der Waals surface area contributed by atoms with Crippen LogP contribution in [0.5, 0.6) is 0 Å². The number of fused-ring (bicyclic) bond motifs is 1. The van der Waals surface area contributed by atoms with Gasteiger partial charge in [0.05, 0.1) is 10.6 Å². The van der Waals surface area contributed by atoms with Crippen molar-refractivity contribution in [2.45, 2.75) is 0 Å². The van der Waals surface area contributed by atoms with Gasteiger partial charge >= 0.3 is 0 Å². The Hall–Kier alpha value is -2.40. The molecule has 1 heterocycles. The van der Waals surface area contributed by atoms with E-state index in [9.17, 15) is 9.18 Å². The predicted octanol–water partition coefficient (Wildman–Crippen LogP) is 3.87. The summed E-state index contributed by atoms with van der Waals surface area (Å²) < 4.78 is 14.6. The highest BCUT2D eigenvalue weighted by Crippen LogP contribution is 2.26. The number of nitrogen functional groups attached to an aromatic ring is 1. The van der Waals surface area contributed by atoms with Crippen LogP contribution in [0.4, 0.5) is 15.8 Å². The van der Waals surface area contributed by atoms with Crippen molar-refractivity contribution in [2.24, 2.45) is 0 Å². The van der Waals surface area contributed by atoms with Crippen molar-refractivity contribution in [1.82, 2.24) is 0 Å². The monoisotopic (exact) mass is 286 g/mol. The SMILES string of the molecule is Nc1ccc(F)c(NC(=O)c2cc3ccccc3s2)c1. The highest BCUT2D eigenvalue weighted by atomic mass is 32.1. The summed E-state index contributed by atoms with van der Waals surface area (Å²) in [5.41, 5.74) is 6.08. The summed E-state index contributed by atoms with van der Waals surface area (Å²) in [7, 11) is 0. The average Bonchev–Trinajstić information content (AvgIpc) is 2.87. The molecule has 3 aromatic rings. The minimum absolute atomic E-state index is 0.0902. The number of nitrogens with one attached hydrogen (secondary N) is 1. The molecule has 0 aliphatic carbocycles. The Morgan fingerprint density at radius 3 is 2.75 bits per heavy atom. The van der Waals surface area contributed by atoms with Crippen LogP contribution in [-0.2, 0) is 0 Å². The first-order chi connectivity index (χ1) is 9.63. The molecule has 0 saturated carbocycles. The van der Waals surface area contributed by atoms with E-state index < -0.39 is 5.82 Å². The van der Waals surface area contributed by atoms with E-state index in [0.29, 0.717) is 10.6 Å². The van der Waals surface area contributed by atoms with Crippen molar-refractivity contribution in [1.29, 1.82) is 0 Å². The summed E-state index contributed by atoms with van der Waals surface area (Å²) >= 11 is 1.37. The van der Waals surface area contributed by atoms with Crippen LogP contribution in [-0.4, -0.2) is 5.91 Å². The Bertz CT molecular complexity index is 764. The van der Waals surface area contributed by atoms with E-state index in [1.54, 1.807) is 6.07 Å². The van der Waals surface area contributed by atoms with Gasteiger partial charge in [-0.2, -0.15) is 0 Å². The number of thiophene rings is 1. The number of hydrogen-bond donors (Lipinski definition) is 2. The largest absolute Gasteiger partial charge is 0.399 e. The van der Waals surface area contributed by atoms with E-state index in [0.717, 1.165) is 10.1 Å². The molecular formula is C15H11FN2OS. The van der Waals surface area contributed by atoms with Crippen LogP contribution in [0.3, 0.4) is 0 Å². The standard InChI is InChI=1S/C15H11FN2OS/c16-11-6-5-10(17)8-12(11)18-15(19)14-7-9-3-1-2-4-13(9)20-14/h1-8H,17H2,(H,18,19). The lowest BCUT2D eigenvalue weighted by atomic mass is 10.2. The molecular weight excluding hydrogens is 275 g/mol. The second-order valence-electron chi connectivity index (χ2n) is 4.34. The molecule has 0 bridgehead atoms. The summed E-state index contributed by atoms with van der Waals surface area (Å²) in [6.07, 6.45) is 0. The molecule has 0 radical (unpaired) electrons. The van der Waals surface area contributed by atoms with Gasteiger partial charge < -0.3 is 11.1 Å². The number of rotatable bonds is 2. The van der Waals surface area contributed by atoms with Gasteiger partial charge in [0.2, 0.25) is 0 Å². The van der Waals surface area contributed by atoms with Gasteiger partial charge in [0, 0.05) is 10.4 Å². The zero-order chi connectivity index (χ0) is 14.1. The fourth-order valence-electron chi connectivity index (χ4n) is 1.92. The number of amides is 1. The third kappa shape index (κ3) is 2.35. The third-order valence-corrected chi connectivity index (χ3v) is 4.00. The van der Waals surface area contributed by atoms with Crippen LogP contribution < -0.4 is 11.1 Å². The molecule has 0 aliphatic heterocycles. The lowest BCUT2D eigenvalue weighted by Gasteiger charge is -2.05. The highest BCUT2D eigenvalue weighted by Gasteiger charge is 2.12. The first-order valence-electron chi connectivity index (χ1n) is 5.98. The van der Waals surface area contributed by atoms with Crippen molar-refractivity contribution in [3.05, 3.63) is 59.2 Å². The van der Waals surface area contributed by atoms with Gasteiger partial charge in [-0.1, -0.05) is 18.2 Å². The zero-order valence-electron chi connectivity index (χ0n) is 10.4. The smallest absolute Gasteiger partial charge is 0.265 e. The summed E-state index contributed by atoms with van der Waals surface area (Å²) in [6.45, 7) is 0. The normalized spacial score (nSPS) is 10.7. The predicted molar refractivity (Wildman–Crippen MR) is 80.6 cm³/mol. The Morgan fingerprint density at radius 1 is 1.15 bits per heavy atom. The molecule has 5 heteroatoms. The van der Waals surface area contributed by atoms with E-state index in [1.807, 2.05) is 24.3 Å². The van der Waals surface area contributed by atoms with E-state index in [2.05, 4.69) is 5.32 Å². The van der Waals surface area contributed by atoms with Crippen molar-refractivity contribution >= 4 is 38.7 Å². The van der Waals surface area contributed by atoms with Gasteiger partial charge in [0.25, 0.3) is 5.91 Å². The molecule has 0 atom stereocenters. The maximum Gasteiger partial charge on any atom is 0.265 e. The Kier molecular flexibility index (Phi) is 3.12. The molecule has 0 aliphatic rings. The molecule has 0 spiro atoms. The number of hydrogen-bond acceptors (Lipinski definition) is 3. The second-order valence-corrected chi connectivity index (χ2v) is 5.43. The Balaban J connectivity index is 1.90. The molecule has 1 aromatic heterocycles. The summed E-state index contributed by atoms with van der Waals surface area (Å²) in [5.74, 6) is -0.843. The van der Waals surface area contributed by atoms with Crippen molar-refractivity contribution in [3.8, 4) is 0 Å². The number of halogens is 1. The van der Waals surface area contributed by atoms with Crippen LogP contribution in [0, 0.1) is 5.82 Å². The fourth-order valence-corrected chi connectivity index (χ4v) is 2.87. The zero-order valence-corrected chi connectivity index (χ0v) is 11.2. The number of nitrogens with two attached hydrogens (primary N) is 1. The molecule has 3 rings (SSSR count). The highest BCUT2D eigenvalue weighted by molar-refractivity contribution is 7.20. The van der Waals surface area contributed by atoms with Crippen LogP contribution >= 0.6 is 11.3 Å². The van der Waals surface area contributed by atoms with Gasteiger partial charge in [-0.05, 0) is 35.7 Å². The molecule has 20 heavy (non-hydrogen) atoms. The van der Waals surface area contributed by atoms with Crippen LogP contribution in [0.2, 0.25) is 0 Å². The number of carbonyl (C=O) groups is 1. The van der Waals surface area contributed by atoms with Crippen molar-refractivity contribution < 1.29 is 9.18 Å². The number of carbonyl (C=O) groups excluding carboxylic acids is 1. The van der Waals surface area contributed by atoms with Gasteiger partial charge in [0.15, 0.2) is 0 Å². The van der Waals surface area contributed by atoms with E-state index in [1.165, 1.54) is 29.5 Å². The second kappa shape index (κ2) is 4.94. The molecule has 3 N–H and O–H groups in total. The van der Waals surface area contributed by atoms with Gasteiger partial charge in [-0.3, -0.25) is 4.79 Å². The molecule has 0 fully saturated rings. The van der Waals surface area contributed by atoms with Crippen LogP contribution in [0.25, 0.3) is 10.1 Å². The van der Waals surface area contributed by atoms with E-state index in [4.69, 9.17) is 5.73 Å². The van der Waals surface area contributed by atoms with Crippen LogP contribution in [0.1, 0.15) is 9.67 Å². The molecule has 1 amide bonds. The minimum atomic E-state index is -0.506. The first-order valence-corrected chi connectivity index (χ1v) is 6.80. The summed E-state index contributed by atoms with van der Waals surface area (Å²) in [6, 6.07) is 13.6. The molecule has 3 nitrogen and oxygen atoms in total. The fraction of sp³-hybridized carbons (Fsp3) is 0. The maximum absolute atomic E-state index is 13.6. The first kappa shape index (κ1) is 12.6. The molecule has 0 unspecified atom stereocenters. The van der Waals surface area contributed by atoms with Gasteiger partial charge in [0.1, 0.15) is 5.82 Å². The number of benzene rings is 2. The summed E-state index contributed by atoms with van der Waals surface area (Å²) in [4.78, 5) is 12.7. The number of anilines is 2. The van der Waals surface area contributed by atoms with Crippen molar-refractivity contribution in [3.63, 3.8) is 0 Å². The lowest BCUT2D eigenvalue weighted by Crippen LogP contribution is -2.11. The van der Waals surface area contributed by atoms with E-state index >= 15 is 0 Å². The van der Waals surface area contributed by atoms with Crippen molar-refractivity contribution in [2.75, 3.05) is 11.1 Å². The topological polar surface area (TPSA) is 55.1 Å².